The molecule has 0 aromatic heterocycles. The van der Waals surface area contributed by atoms with E-state index in [1.54, 1.807) is 12.1 Å². The number of aromatic hydroxyl groups is 1. The van der Waals surface area contributed by atoms with Gasteiger partial charge in [-0.05, 0) is 30.5 Å². The van der Waals surface area contributed by atoms with Crippen LogP contribution in [0.2, 0.25) is 10.0 Å². The van der Waals surface area contributed by atoms with Crippen LogP contribution in [0, 0.1) is 0 Å². The second kappa shape index (κ2) is 5.40. The quantitative estimate of drug-likeness (QED) is 0.796. The zero-order valence-corrected chi connectivity index (χ0v) is 9.72. The van der Waals surface area contributed by atoms with Crippen molar-refractivity contribution in [3.05, 3.63) is 40.4 Å². The van der Waals surface area contributed by atoms with E-state index < -0.39 is 0 Å². The molecule has 0 saturated carbocycles. The molecule has 1 atom stereocenters. The van der Waals surface area contributed by atoms with Gasteiger partial charge in [0.2, 0.25) is 0 Å². The van der Waals surface area contributed by atoms with E-state index in [1.165, 1.54) is 0 Å². The molecule has 0 aliphatic rings. The van der Waals surface area contributed by atoms with Crippen molar-refractivity contribution < 1.29 is 5.11 Å². The Morgan fingerprint density at radius 3 is 2.40 bits per heavy atom. The fourth-order valence-corrected chi connectivity index (χ4v) is 1.77. The van der Waals surface area contributed by atoms with Gasteiger partial charge in [0, 0.05) is 6.04 Å². The Balaban J connectivity index is 2.90. The second-order valence-electron chi connectivity index (χ2n) is 3.31. The highest BCUT2D eigenvalue weighted by atomic mass is 35.5. The van der Waals surface area contributed by atoms with Crippen LogP contribution in [-0.4, -0.2) is 5.11 Å². The molecule has 0 aliphatic carbocycles. The highest BCUT2D eigenvalue weighted by Gasteiger charge is 2.11. The lowest BCUT2D eigenvalue weighted by molar-refractivity contribution is 0.475. The molecular weight excluding hydrogens is 233 g/mol. The van der Waals surface area contributed by atoms with Crippen LogP contribution >= 0.6 is 23.2 Å². The lowest BCUT2D eigenvalue weighted by Gasteiger charge is -2.12. The first-order valence-electron chi connectivity index (χ1n) is 4.60. The van der Waals surface area contributed by atoms with Crippen LogP contribution in [0.3, 0.4) is 0 Å². The highest BCUT2D eigenvalue weighted by Crippen LogP contribution is 2.34. The van der Waals surface area contributed by atoms with Gasteiger partial charge in [0.25, 0.3) is 0 Å². The maximum absolute atomic E-state index is 9.37. The molecule has 1 aromatic carbocycles. The molecule has 0 radical (unpaired) electrons. The molecular formula is C11H13Cl2NO. The molecule has 2 nitrogen and oxygen atoms in total. The van der Waals surface area contributed by atoms with Crippen LogP contribution in [-0.2, 0) is 0 Å². The standard InChI is InChI=1S/C11H13Cl2NO/c1-2-3-4-10(14)7-5-8(12)11(15)9(13)6-7/h2,5-6,10,15H,1,3-4,14H2/t10-/m0/s1. The van der Waals surface area contributed by atoms with Crippen molar-refractivity contribution in [3.63, 3.8) is 0 Å². The Morgan fingerprint density at radius 2 is 1.93 bits per heavy atom. The monoisotopic (exact) mass is 245 g/mol. The van der Waals surface area contributed by atoms with Gasteiger partial charge in [-0.1, -0.05) is 29.3 Å². The smallest absolute Gasteiger partial charge is 0.152 e. The summed E-state index contributed by atoms with van der Waals surface area (Å²) in [6.45, 7) is 3.63. The number of halogens is 2. The zero-order valence-electron chi connectivity index (χ0n) is 8.21. The highest BCUT2D eigenvalue weighted by molar-refractivity contribution is 6.37. The first-order valence-corrected chi connectivity index (χ1v) is 5.36. The van der Waals surface area contributed by atoms with Crippen LogP contribution in [0.25, 0.3) is 0 Å². The van der Waals surface area contributed by atoms with Gasteiger partial charge in [0.15, 0.2) is 5.75 Å². The molecule has 0 aliphatic heterocycles. The van der Waals surface area contributed by atoms with E-state index in [0.717, 1.165) is 18.4 Å². The number of allylic oxidation sites excluding steroid dienone is 1. The molecule has 0 saturated heterocycles. The Morgan fingerprint density at radius 1 is 1.40 bits per heavy atom. The van der Waals surface area contributed by atoms with E-state index >= 15 is 0 Å². The van der Waals surface area contributed by atoms with Gasteiger partial charge < -0.3 is 10.8 Å². The summed E-state index contributed by atoms with van der Waals surface area (Å²) < 4.78 is 0. The van der Waals surface area contributed by atoms with Gasteiger partial charge in [0.05, 0.1) is 10.0 Å². The SMILES string of the molecule is C=CCC[C@H](N)c1cc(Cl)c(O)c(Cl)c1. The van der Waals surface area contributed by atoms with Gasteiger partial charge in [-0.2, -0.15) is 0 Å². The minimum absolute atomic E-state index is 0.0991. The summed E-state index contributed by atoms with van der Waals surface area (Å²) in [5.74, 6) is -0.0991. The third-order valence-electron chi connectivity index (χ3n) is 2.15. The summed E-state index contributed by atoms with van der Waals surface area (Å²) in [7, 11) is 0. The van der Waals surface area contributed by atoms with Gasteiger partial charge in [-0.25, -0.2) is 0 Å². The van der Waals surface area contributed by atoms with E-state index in [-0.39, 0.29) is 21.8 Å². The van der Waals surface area contributed by atoms with Crippen molar-refractivity contribution in [3.8, 4) is 5.75 Å². The molecule has 3 N–H and O–H groups in total. The van der Waals surface area contributed by atoms with Crippen molar-refractivity contribution in [2.45, 2.75) is 18.9 Å². The fraction of sp³-hybridized carbons (Fsp3) is 0.273. The van der Waals surface area contributed by atoms with Crippen LogP contribution in [0.1, 0.15) is 24.4 Å². The first kappa shape index (κ1) is 12.4. The largest absolute Gasteiger partial charge is 0.505 e. The number of phenols is 1. The zero-order chi connectivity index (χ0) is 11.4. The lowest BCUT2D eigenvalue weighted by Crippen LogP contribution is -2.09. The van der Waals surface area contributed by atoms with Gasteiger partial charge in [-0.3, -0.25) is 0 Å². The summed E-state index contributed by atoms with van der Waals surface area (Å²) >= 11 is 11.6. The molecule has 4 heteroatoms. The number of rotatable bonds is 4. The number of hydrogen-bond donors (Lipinski definition) is 2. The predicted molar refractivity (Wildman–Crippen MR) is 64.5 cm³/mol. The Kier molecular flexibility index (Phi) is 4.45. The summed E-state index contributed by atoms with van der Waals surface area (Å²) in [4.78, 5) is 0. The van der Waals surface area contributed by atoms with E-state index in [1.807, 2.05) is 6.08 Å². The van der Waals surface area contributed by atoms with E-state index in [2.05, 4.69) is 6.58 Å². The molecule has 0 spiro atoms. The van der Waals surface area contributed by atoms with Crippen molar-refractivity contribution in [2.24, 2.45) is 5.73 Å². The second-order valence-corrected chi connectivity index (χ2v) is 4.12. The van der Waals surface area contributed by atoms with Crippen molar-refractivity contribution in [1.82, 2.24) is 0 Å². The minimum atomic E-state index is -0.140. The van der Waals surface area contributed by atoms with Crippen LogP contribution < -0.4 is 5.73 Å². The molecule has 1 aromatic rings. The van der Waals surface area contributed by atoms with E-state index in [0.29, 0.717) is 0 Å². The molecule has 0 bridgehead atoms. The topological polar surface area (TPSA) is 46.2 Å². The lowest BCUT2D eigenvalue weighted by atomic mass is 10.0. The molecule has 1 rings (SSSR count). The summed E-state index contributed by atoms with van der Waals surface area (Å²) in [6, 6.07) is 3.13. The summed E-state index contributed by atoms with van der Waals surface area (Å²) in [5, 5.41) is 9.82. The third-order valence-corrected chi connectivity index (χ3v) is 2.73. The average Bonchev–Trinajstić information content (AvgIpc) is 2.21. The minimum Gasteiger partial charge on any atom is -0.505 e. The van der Waals surface area contributed by atoms with Crippen LogP contribution in [0.5, 0.6) is 5.75 Å². The summed E-state index contributed by atoms with van der Waals surface area (Å²) in [6.07, 6.45) is 3.42. The maximum atomic E-state index is 9.37. The number of nitrogens with two attached hydrogens (primary N) is 1. The molecule has 0 unspecified atom stereocenters. The first-order chi connectivity index (χ1) is 7.06. The van der Waals surface area contributed by atoms with E-state index in [4.69, 9.17) is 28.9 Å². The molecule has 82 valence electrons. The molecule has 15 heavy (non-hydrogen) atoms. The number of hydrogen-bond acceptors (Lipinski definition) is 2. The van der Waals surface area contributed by atoms with Crippen molar-refractivity contribution >= 4 is 23.2 Å². The normalized spacial score (nSPS) is 12.5. The number of phenolic OH excluding ortho intramolecular Hbond substituents is 1. The predicted octanol–water partition coefficient (Wildman–Crippen LogP) is 3.67. The van der Waals surface area contributed by atoms with Gasteiger partial charge in [0.1, 0.15) is 0 Å². The maximum Gasteiger partial charge on any atom is 0.152 e. The fourth-order valence-electron chi connectivity index (χ4n) is 1.26. The Hall–Kier alpha value is -0.700. The number of benzene rings is 1. The molecule has 0 amide bonds. The molecule has 0 heterocycles. The van der Waals surface area contributed by atoms with Gasteiger partial charge >= 0.3 is 0 Å². The third kappa shape index (κ3) is 3.13. The Bertz CT molecular complexity index is 343. The molecule has 0 fully saturated rings. The van der Waals surface area contributed by atoms with Crippen LogP contribution in [0.4, 0.5) is 0 Å². The average molecular weight is 246 g/mol. The Labute approximate surface area is 99.3 Å². The van der Waals surface area contributed by atoms with Crippen molar-refractivity contribution in [1.29, 1.82) is 0 Å². The van der Waals surface area contributed by atoms with Crippen molar-refractivity contribution in [2.75, 3.05) is 0 Å². The van der Waals surface area contributed by atoms with Gasteiger partial charge in [-0.15, -0.1) is 6.58 Å². The van der Waals surface area contributed by atoms with E-state index in [9.17, 15) is 5.11 Å². The summed E-state index contributed by atoms with van der Waals surface area (Å²) in [5.41, 5.74) is 6.75. The van der Waals surface area contributed by atoms with Crippen LogP contribution in [0.15, 0.2) is 24.8 Å².